The van der Waals surface area contributed by atoms with Gasteiger partial charge < -0.3 is 9.42 Å². The quantitative estimate of drug-likeness (QED) is 0.643. The van der Waals surface area contributed by atoms with E-state index in [4.69, 9.17) is 16.1 Å². The molecule has 1 fully saturated rings. The first-order valence-corrected chi connectivity index (χ1v) is 10.4. The van der Waals surface area contributed by atoms with Gasteiger partial charge in [0, 0.05) is 35.5 Å². The minimum Gasteiger partial charge on any atom is -0.342 e. The molecule has 0 spiro atoms. The topological polar surface area (TPSA) is 59.2 Å². The third-order valence-corrected chi connectivity index (χ3v) is 5.70. The molecular formula is C21H28ClN3O2. The van der Waals surface area contributed by atoms with Crippen molar-refractivity contribution in [2.75, 3.05) is 13.1 Å². The van der Waals surface area contributed by atoms with Gasteiger partial charge in [0.2, 0.25) is 17.6 Å². The molecule has 1 saturated heterocycles. The summed E-state index contributed by atoms with van der Waals surface area (Å²) in [7, 11) is 0. The molecule has 0 bridgehead atoms. The van der Waals surface area contributed by atoms with Crippen LogP contribution in [0.2, 0.25) is 5.02 Å². The third-order valence-electron chi connectivity index (χ3n) is 5.45. The number of hydrogen-bond donors (Lipinski definition) is 0. The molecule has 1 amide bonds. The zero-order valence-electron chi connectivity index (χ0n) is 16.2. The van der Waals surface area contributed by atoms with E-state index in [9.17, 15) is 4.79 Å². The van der Waals surface area contributed by atoms with Gasteiger partial charge in [-0.3, -0.25) is 4.79 Å². The highest BCUT2D eigenvalue weighted by molar-refractivity contribution is 6.30. The minimum absolute atomic E-state index is 0.168. The van der Waals surface area contributed by atoms with Crippen LogP contribution in [0.15, 0.2) is 28.8 Å². The average molecular weight is 390 g/mol. The van der Waals surface area contributed by atoms with Crippen molar-refractivity contribution < 1.29 is 9.32 Å². The maximum Gasteiger partial charge on any atom is 0.230 e. The Labute approximate surface area is 166 Å². The van der Waals surface area contributed by atoms with E-state index >= 15 is 0 Å². The Morgan fingerprint density at radius 2 is 1.96 bits per heavy atom. The lowest BCUT2D eigenvalue weighted by Crippen LogP contribution is -2.41. The Morgan fingerprint density at radius 1 is 1.26 bits per heavy atom. The summed E-state index contributed by atoms with van der Waals surface area (Å²) in [6, 6.07) is 7.41. The first kappa shape index (κ1) is 19.9. The average Bonchev–Trinajstić information content (AvgIpc) is 3.19. The van der Waals surface area contributed by atoms with Gasteiger partial charge in [-0.25, -0.2) is 0 Å². The van der Waals surface area contributed by atoms with Gasteiger partial charge in [-0.2, -0.15) is 4.98 Å². The van der Waals surface area contributed by atoms with Crippen molar-refractivity contribution in [3.63, 3.8) is 0 Å². The predicted octanol–water partition coefficient (Wildman–Crippen LogP) is 5.31. The summed E-state index contributed by atoms with van der Waals surface area (Å²) in [5, 5.41) is 4.80. The third kappa shape index (κ3) is 4.89. The molecule has 5 nitrogen and oxygen atoms in total. The van der Waals surface area contributed by atoms with E-state index in [0.29, 0.717) is 22.6 Å². The number of carbonyl (C=O) groups excluding carboxylic acids is 1. The van der Waals surface area contributed by atoms with Gasteiger partial charge in [-0.15, -0.1) is 0 Å². The highest BCUT2D eigenvalue weighted by Gasteiger charge is 2.30. The van der Waals surface area contributed by atoms with Crippen molar-refractivity contribution in [2.45, 2.75) is 58.3 Å². The molecule has 2 aromatic rings. The lowest BCUT2D eigenvalue weighted by atomic mass is 9.93. The van der Waals surface area contributed by atoms with Crippen molar-refractivity contribution in [1.29, 1.82) is 0 Å². The van der Waals surface area contributed by atoms with E-state index in [0.717, 1.165) is 57.2 Å². The molecule has 1 aliphatic rings. The van der Waals surface area contributed by atoms with Crippen LogP contribution in [0.4, 0.5) is 0 Å². The highest BCUT2D eigenvalue weighted by Crippen LogP contribution is 2.30. The van der Waals surface area contributed by atoms with Crippen molar-refractivity contribution in [3.8, 4) is 11.4 Å². The van der Waals surface area contributed by atoms with Crippen molar-refractivity contribution in [1.82, 2.24) is 15.0 Å². The fourth-order valence-corrected chi connectivity index (χ4v) is 3.80. The summed E-state index contributed by atoms with van der Waals surface area (Å²) in [5.41, 5.74) is 0.892. The smallest absolute Gasteiger partial charge is 0.230 e. The lowest BCUT2D eigenvalue weighted by Gasteiger charge is -2.33. The summed E-state index contributed by atoms with van der Waals surface area (Å²) >= 11 is 5.93. The summed E-state index contributed by atoms with van der Waals surface area (Å²) in [5.74, 6) is 1.97. The van der Waals surface area contributed by atoms with Crippen LogP contribution in [0.1, 0.15) is 64.2 Å². The maximum atomic E-state index is 12.8. The largest absolute Gasteiger partial charge is 0.342 e. The summed E-state index contributed by atoms with van der Waals surface area (Å²) < 4.78 is 5.51. The molecule has 1 unspecified atom stereocenters. The molecule has 1 aromatic carbocycles. The lowest BCUT2D eigenvalue weighted by molar-refractivity contribution is -0.137. The second-order valence-electron chi connectivity index (χ2n) is 7.31. The molecule has 0 N–H and O–H groups in total. The van der Waals surface area contributed by atoms with Gasteiger partial charge in [0.25, 0.3) is 0 Å². The number of unbranched alkanes of at least 4 members (excludes halogenated alkanes) is 1. The van der Waals surface area contributed by atoms with Crippen molar-refractivity contribution in [3.05, 3.63) is 35.2 Å². The number of rotatable bonds is 7. The second-order valence-corrected chi connectivity index (χ2v) is 7.75. The van der Waals surface area contributed by atoms with Crippen LogP contribution in [-0.4, -0.2) is 34.0 Å². The molecule has 27 heavy (non-hydrogen) atoms. The Hall–Kier alpha value is -1.88. The Balaban J connectivity index is 1.58. The number of carbonyl (C=O) groups is 1. The number of piperidine rings is 1. The van der Waals surface area contributed by atoms with E-state index in [1.807, 2.05) is 29.2 Å². The van der Waals surface area contributed by atoms with Gasteiger partial charge in [-0.05, 0) is 49.9 Å². The Bertz CT molecular complexity index is 736. The number of halogens is 1. The standard InChI is InChI=1S/C21H28ClN3O2/c1-3-5-6-15(4-2)21(26)25-13-11-17(12-14-25)20-23-19(24-27-20)16-7-9-18(22)10-8-16/h7-10,15,17H,3-6,11-14H2,1-2H3. The van der Waals surface area contributed by atoms with Crippen molar-refractivity contribution in [2.24, 2.45) is 5.92 Å². The molecule has 2 heterocycles. The molecule has 0 saturated carbocycles. The van der Waals surface area contributed by atoms with Crippen LogP contribution in [0, 0.1) is 5.92 Å². The van der Waals surface area contributed by atoms with E-state index in [-0.39, 0.29) is 11.8 Å². The molecular weight excluding hydrogens is 362 g/mol. The molecule has 3 rings (SSSR count). The molecule has 0 aliphatic carbocycles. The number of benzene rings is 1. The van der Waals surface area contributed by atoms with E-state index < -0.39 is 0 Å². The normalized spacial score (nSPS) is 16.5. The second kappa shape index (κ2) is 9.36. The van der Waals surface area contributed by atoms with Gasteiger partial charge in [0.15, 0.2) is 0 Å². The minimum atomic E-state index is 0.168. The molecule has 1 aliphatic heterocycles. The molecule has 0 radical (unpaired) electrons. The fraction of sp³-hybridized carbons (Fsp3) is 0.571. The van der Waals surface area contributed by atoms with Crippen LogP contribution < -0.4 is 0 Å². The van der Waals surface area contributed by atoms with Gasteiger partial charge in [-0.1, -0.05) is 43.4 Å². The van der Waals surface area contributed by atoms with Crippen LogP contribution in [0.5, 0.6) is 0 Å². The van der Waals surface area contributed by atoms with E-state index in [1.54, 1.807) is 0 Å². The first-order chi connectivity index (χ1) is 13.1. The zero-order chi connectivity index (χ0) is 19.2. The van der Waals surface area contributed by atoms with Crippen LogP contribution in [-0.2, 0) is 4.79 Å². The maximum absolute atomic E-state index is 12.8. The SMILES string of the molecule is CCCCC(CC)C(=O)N1CCC(c2nc(-c3ccc(Cl)cc3)no2)CC1. The highest BCUT2D eigenvalue weighted by atomic mass is 35.5. The number of aromatic nitrogens is 2. The number of amides is 1. The fourth-order valence-electron chi connectivity index (χ4n) is 3.68. The van der Waals surface area contributed by atoms with Crippen LogP contribution in [0.3, 0.4) is 0 Å². The first-order valence-electron chi connectivity index (χ1n) is 10.0. The van der Waals surface area contributed by atoms with Gasteiger partial charge >= 0.3 is 0 Å². The van der Waals surface area contributed by atoms with Gasteiger partial charge in [0.1, 0.15) is 0 Å². The number of nitrogens with zero attached hydrogens (tertiary/aromatic N) is 3. The predicted molar refractivity (Wildman–Crippen MR) is 107 cm³/mol. The number of likely N-dealkylation sites (tertiary alicyclic amines) is 1. The van der Waals surface area contributed by atoms with Crippen LogP contribution in [0.25, 0.3) is 11.4 Å². The van der Waals surface area contributed by atoms with Crippen LogP contribution >= 0.6 is 11.6 Å². The Kier molecular flexibility index (Phi) is 6.89. The molecule has 6 heteroatoms. The molecule has 1 aromatic heterocycles. The van der Waals surface area contributed by atoms with Gasteiger partial charge in [0.05, 0.1) is 0 Å². The van der Waals surface area contributed by atoms with E-state index in [1.165, 1.54) is 0 Å². The zero-order valence-corrected chi connectivity index (χ0v) is 16.9. The summed E-state index contributed by atoms with van der Waals surface area (Å²) in [4.78, 5) is 19.4. The van der Waals surface area contributed by atoms with Crippen molar-refractivity contribution >= 4 is 17.5 Å². The molecule has 146 valence electrons. The Morgan fingerprint density at radius 3 is 2.59 bits per heavy atom. The number of hydrogen-bond acceptors (Lipinski definition) is 4. The molecule has 1 atom stereocenters. The summed E-state index contributed by atoms with van der Waals surface area (Å²) in [6.45, 7) is 5.82. The monoisotopic (exact) mass is 389 g/mol. The van der Waals surface area contributed by atoms with E-state index in [2.05, 4.69) is 24.0 Å². The summed E-state index contributed by atoms with van der Waals surface area (Å²) in [6.07, 6.45) is 5.93.